The highest BCUT2D eigenvalue weighted by molar-refractivity contribution is 8.74. The minimum Gasteiger partial charge on any atom is -0.392 e. The summed E-state index contributed by atoms with van der Waals surface area (Å²) in [4.78, 5) is 22.0. The van der Waals surface area contributed by atoms with Crippen molar-refractivity contribution in [1.82, 2.24) is 0 Å². The molecule has 0 radical (unpaired) electrons. The highest BCUT2D eigenvalue weighted by Crippen LogP contribution is 2.25. The Morgan fingerprint density at radius 1 is 1.17 bits per heavy atom. The Bertz CT molecular complexity index is 774. The summed E-state index contributed by atoms with van der Waals surface area (Å²) in [6, 6.07) is 10.5. The van der Waals surface area contributed by atoms with Crippen molar-refractivity contribution in [2.45, 2.75) is 13.8 Å². The van der Waals surface area contributed by atoms with Crippen LogP contribution in [0.1, 0.15) is 21.5 Å². The van der Waals surface area contributed by atoms with Crippen LogP contribution < -0.4 is 4.18 Å². The van der Waals surface area contributed by atoms with Gasteiger partial charge in [-0.15, -0.1) is 0 Å². The third-order valence-corrected chi connectivity index (χ3v) is 4.85. The van der Waals surface area contributed by atoms with Gasteiger partial charge in [0.25, 0.3) is 15.8 Å². The lowest BCUT2D eigenvalue weighted by Crippen LogP contribution is -2.02. The zero-order chi connectivity index (χ0) is 17.0. The van der Waals surface area contributed by atoms with Crippen LogP contribution in [0.2, 0.25) is 0 Å². The molecule has 2 aromatic carbocycles. The van der Waals surface area contributed by atoms with Gasteiger partial charge in [-0.25, -0.2) is 4.21 Å². The number of carbonyl (C=O) groups excluding carboxylic acids is 1. The molecule has 120 valence electrons. The molecular formula is C15H13NO5S2. The standard InChI is InChI=1S/C15H13NO5S2/c1-10-3-8-14(11(2)9-10)21-23(20)22-15(17)12-4-6-13(7-5-12)16(18)19/h3-9H,1-2H3. The first-order valence-corrected chi connectivity index (χ1v) is 8.92. The zero-order valence-electron chi connectivity index (χ0n) is 12.3. The molecule has 0 saturated carbocycles. The second kappa shape index (κ2) is 7.38. The summed E-state index contributed by atoms with van der Waals surface area (Å²) >= 11 is 0. The number of rotatable bonds is 5. The lowest BCUT2D eigenvalue weighted by molar-refractivity contribution is -0.384. The number of aryl methyl sites for hydroxylation is 2. The molecule has 6 nitrogen and oxygen atoms in total. The molecule has 0 amide bonds. The summed E-state index contributed by atoms with van der Waals surface area (Å²) in [7, 11) is -1.38. The molecule has 0 aliphatic carbocycles. The zero-order valence-corrected chi connectivity index (χ0v) is 14.0. The fraction of sp³-hybridized carbons (Fsp3) is 0.133. The van der Waals surface area contributed by atoms with Crippen LogP contribution >= 0.6 is 10.8 Å². The topological polar surface area (TPSA) is 86.5 Å². The van der Waals surface area contributed by atoms with Crippen molar-refractivity contribution in [3.8, 4) is 5.75 Å². The largest absolute Gasteiger partial charge is 0.392 e. The Morgan fingerprint density at radius 3 is 2.39 bits per heavy atom. The molecule has 0 fully saturated rings. The van der Waals surface area contributed by atoms with Gasteiger partial charge >= 0.3 is 0 Å². The Balaban J connectivity index is 2.01. The van der Waals surface area contributed by atoms with Crippen LogP contribution in [0.5, 0.6) is 5.75 Å². The van der Waals surface area contributed by atoms with Gasteiger partial charge in [-0.2, -0.15) is 0 Å². The minimum absolute atomic E-state index is 0.112. The number of nitro groups is 1. The highest BCUT2D eigenvalue weighted by Gasteiger charge is 2.16. The molecule has 0 aliphatic rings. The van der Waals surface area contributed by atoms with Crippen molar-refractivity contribution in [3.63, 3.8) is 0 Å². The van der Waals surface area contributed by atoms with Gasteiger partial charge in [0.05, 0.1) is 15.7 Å². The Labute approximate surface area is 139 Å². The molecule has 23 heavy (non-hydrogen) atoms. The van der Waals surface area contributed by atoms with Crippen molar-refractivity contribution in [2.75, 3.05) is 0 Å². The first kappa shape index (κ1) is 17.2. The van der Waals surface area contributed by atoms with E-state index in [1.54, 1.807) is 6.07 Å². The second-order valence-corrected chi connectivity index (χ2v) is 7.16. The summed E-state index contributed by atoms with van der Waals surface area (Å²) < 4.78 is 17.2. The van der Waals surface area contributed by atoms with Gasteiger partial charge in [0.15, 0.2) is 0 Å². The van der Waals surface area contributed by atoms with E-state index in [-0.39, 0.29) is 11.3 Å². The monoisotopic (exact) mass is 351 g/mol. The van der Waals surface area contributed by atoms with Crippen molar-refractivity contribution >= 4 is 31.7 Å². The summed E-state index contributed by atoms with van der Waals surface area (Å²) in [5.74, 6) is 0.443. The molecule has 0 N–H and O–H groups in total. The van der Waals surface area contributed by atoms with E-state index in [1.165, 1.54) is 24.3 Å². The third-order valence-electron chi connectivity index (χ3n) is 2.95. The fourth-order valence-corrected chi connectivity index (χ4v) is 3.52. The summed E-state index contributed by atoms with van der Waals surface area (Å²) in [6.45, 7) is 3.75. The molecule has 0 heterocycles. The molecule has 8 heteroatoms. The smallest absolute Gasteiger partial charge is 0.279 e. The van der Waals surface area contributed by atoms with Crippen LogP contribution in [0, 0.1) is 24.0 Å². The Morgan fingerprint density at radius 2 is 1.83 bits per heavy atom. The van der Waals surface area contributed by atoms with Gasteiger partial charge in [-0.3, -0.25) is 14.9 Å². The van der Waals surface area contributed by atoms with E-state index in [2.05, 4.69) is 0 Å². The molecule has 2 rings (SSSR count). The Kier molecular flexibility index (Phi) is 5.51. The maximum absolute atomic E-state index is 12.0. The van der Waals surface area contributed by atoms with Crippen molar-refractivity contribution in [1.29, 1.82) is 0 Å². The molecule has 0 spiro atoms. The lowest BCUT2D eigenvalue weighted by atomic mass is 10.1. The average molecular weight is 351 g/mol. The highest BCUT2D eigenvalue weighted by atomic mass is 33.1. The molecule has 0 saturated heterocycles. The number of nitrogens with zero attached hydrogens (tertiary/aromatic N) is 1. The van der Waals surface area contributed by atoms with Gasteiger partial charge in [0.1, 0.15) is 5.75 Å². The molecule has 0 aliphatic heterocycles. The van der Waals surface area contributed by atoms with E-state index in [0.29, 0.717) is 16.5 Å². The van der Waals surface area contributed by atoms with Crippen LogP contribution in [0.15, 0.2) is 42.5 Å². The summed E-state index contributed by atoms with van der Waals surface area (Å²) in [5.41, 5.74) is 1.98. The van der Waals surface area contributed by atoms with Crippen molar-refractivity contribution in [2.24, 2.45) is 0 Å². The van der Waals surface area contributed by atoms with Crippen LogP contribution in [0.25, 0.3) is 0 Å². The molecule has 1 atom stereocenters. The number of hydrogen-bond acceptors (Lipinski definition) is 6. The van der Waals surface area contributed by atoms with Gasteiger partial charge in [0.2, 0.25) is 5.12 Å². The summed E-state index contributed by atoms with van der Waals surface area (Å²) in [5, 5.41) is 10.1. The maximum Gasteiger partial charge on any atom is 0.279 e. The van der Waals surface area contributed by atoms with Crippen LogP contribution in [0.3, 0.4) is 0 Å². The van der Waals surface area contributed by atoms with Gasteiger partial charge in [-0.1, -0.05) is 17.7 Å². The molecular weight excluding hydrogens is 338 g/mol. The van der Waals surface area contributed by atoms with E-state index in [4.69, 9.17) is 4.18 Å². The second-order valence-electron chi connectivity index (χ2n) is 4.73. The fourth-order valence-electron chi connectivity index (χ4n) is 1.81. The minimum atomic E-state index is -1.90. The number of benzene rings is 2. The van der Waals surface area contributed by atoms with Crippen molar-refractivity contribution in [3.05, 3.63) is 69.3 Å². The van der Waals surface area contributed by atoms with E-state index in [1.807, 2.05) is 26.0 Å². The molecule has 0 bridgehead atoms. The molecule has 2 aromatic rings. The number of hydrogen-bond donors (Lipinski definition) is 0. The normalized spacial score (nSPS) is 11.7. The van der Waals surface area contributed by atoms with E-state index in [9.17, 15) is 19.1 Å². The molecule has 0 aromatic heterocycles. The SMILES string of the molecule is Cc1ccc(OS(=O)SC(=O)c2ccc([N+](=O)[O-])cc2)c(C)c1. The van der Waals surface area contributed by atoms with E-state index in [0.717, 1.165) is 11.1 Å². The van der Waals surface area contributed by atoms with E-state index < -0.39 is 20.2 Å². The average Bonchev–Trinajstić information content (AvgIpc) is 2.50. The first-order chi connectivity index (χ1) is 10.9. The Hall–Kier alpha value is -2.19. The van der Waals surface area contributed by atoms with E-state index >= 15 is 0 Å². The lowest BCUT2D eigenvalue weighted by Gasteiger charge is -2.07. The maximum atomic E-state index is 12.0. The predicted octanol–water partition coefficient (Wildman–Crippen LogP) is 3.74. The van der Waals surface area contributed by atoms with Crippen molar-refractivity contribution < 1.29 is 18.1 Å². The van der Waals surface area contributed by atoms with Crippen LogP contribution in [0.4, 0.5) is 5.69 Å². The predicted molar refractivity (Wildman–Crippen MR) is 89.7 cm³/mol. The quantitative estimate of drug-likeness (QED) is 0.463. The third kappa shape index (κ3) is 4.64. The number of non-ortho nitro benzene ring substituents is 1. The molecule has 1 unspecified atom stereocenters. The summed E-state index contributed by atoms with van der Waals surface area (Å²) in [6.07, 6.45) is 0. The number of carbonyl (C=O) groups is 1. The van der Waals surface area contributed by atoms with Gasteiger partial charge in [0, 0.05) is 17.7 Å². The van der Waals surface area contributed by atoms with Crippen LogP contribution in [-0.2, 0) is 10.1 Å². The first-order valence-electron chi connectivity index (χ1n) is 6.51. The number of nitro benzene ring substituents is 1. The van der Waals surface area contributed by atoms with Gasteiger partial charge in [-0.05, 0) is 37.6 Å². The van der Waals surface area contributed by atoms with Gasteiger partial charge < -0.3 is 4.18 Å². The van der Waals surface area contributed by atoms with Crippen LogP contribution in [-0.4, -0.2) is 14.2 Å².